The highest BCUT2D eigenvalue weighted by Crippen LogP contribution is 2.34. The number of amides is 1. The van der Waals surface area contributed by atoms with Crippen LogP contribution in [0, 0.1) is 6.92 Å². The summed E-state index contributed by atoms with van der Waals surface area (Å²) < 4.78 is 5.40. The number of nitrogens with one attached hydrogen (secondary N) is 1. The SMILES string of the molecule is Cc1cc(=O)cc(C(=O)NCC2(c3ccccc3)CCN(C)CC2)o1. The topological polar surface area (TPSA) is 62.6 Å². The van der Waals surface area contributed by atoms with Crippen LogP contribution in [0.15, 0.2) is 51.7 Å². The predicted molar refractivity (Wildman–Crippen MR) is 96.9 cm³/mol. The van der Waals surface area contributed by atoms with Crippen LogP contribution >= 0.6 is 0 Å². The Labute approximate surface area is 147 Å². The molecule has 132 valence electrons. The molecule has 1 aliphatic heterocycles. The van der Waals surface area contributed by atoms with Crippen LogP contribution in [0.4, 0.5) is 0 Å². The van der Waals surface area contributed by atoms with Gasteiger partial charge in [0.25, 0.3) is 5.91 Å². The molecule has 0 unspecified atom stereocenters. The monoisotopic (exact) mass is 340 g/mol. The third-order valence-electron chi connectivity index (χ3n) is 5.03. The first kappa shape index (κ1) is 17.4. The second-order valence-corrected chi connectivity index (χ2v) is 6.90. The lowest BCUT2D eigenvalue weighted by molar-refractivity contribution is 0.0896. The number of benzene rings is 1. The van der Waals surface area contributed by atoms with Gasteiger partial charge in [-0.3, -0.25) is 9.59 Å². The molecule has 0 spiro atoms. The molecule has 1 saturated heterocycles. The van der Waals surface area contributed by atoms with E-state index in [4.69, 9.17) is 4.42 Å². The second-order valence-electron chi connectivity index (χ2n) is 6.90. The molecular formula is C20H24N2O3. The minimum Gasteiger partial charge on any atom is -0.456 e. The summed E-state index contributed by atoms with van der Waals surface area (Å²) in [6, 6.07) is 13.0. The smallest absolute Gasteiger partial charge is 0.287 e. The van der Waals surface area contributed by atoms with Crippen LogP contribution in [0.3, 0.4) is 0 Å². The zero-order chi connectivity index (χ0) is 17.9. The molecule has 0 bridgehead atoms. The number of aryl methyl sites for hydroxylation is 1. The lowest BCUT2D eigenvalue weighted by atomic mass is 9.72. The number of piperidine rings is 1. The summed E-state index contributed by atoms with van der Waals surface area (Å²) in [5.41, 5.74) is 0.938. The first-order valence-electron chi connectivity index (χ1n) is 8.63. The van der Waals surface area contributed by atoms with E-state index in [1.165, 1.54) is 17.7 Å². The molecule has 5 nitrogen and oxygen atoms in total. The van der Waals surface area contributed by atoms with Gasteiger partial charge in [0.1, 0.15) is 5.76 Å². The predicted octanol–water partition coefficient (Wildman–Crippen LogP) is 2.34. The van der Waals surface area contributed by atoms with Crippen LogP contribution in [0.1, 0.15) is 34.7 Å². The van der Waals surface area contributed by atoms with Gasteiger partial charge in [0, 0.05) is 24.1 Å². The van der Waals surface area contributed by atoms with E-state index in [9.17, 15) is 9.59 Å². The number of carbonyl (C=O) groups is 1. The zero-order valence-corrected chi connectivity index (χ0v) is 14.7. The number of hydrogen-bond acceptors (Lipinski definition) is 4. The number of carbonyl (C=O) groups excluding carboxylic acids is 1. The maximum Gasteiger partial charge on any atom is 0.287 e. The maximum absolute atomic E-state index is 12.5. The molecule has 0 atom stereocenters. The van der Waals surface area contributed by atoms with Crippen LogP contribution in [-0.4, -0.2) is 37.5 Å². The fourth-order valence-corrected chi connectivity index (χ4v) is 3.46. The van der Waals surface area contributed by atoms with Crippen molar-refractivity contribution in [2.75, 3.05) is 26.7 Å². The quantitative estimate of drug-likeness (QED) is 0.928. The van der Waals surface area contributed by atoms with Gasteiger partial charge >= 0.3 is 0 Å². The molecule has 1 aliphatic rings. The minimum absolute atomic E-state index is 0.0705. The third kappa shape index (κ3) is 3.99. The largest absolute Gasteiger partial charge is 0.456 e. The standard InChI is InChI=1S/C20H24N2O3/c1-15-12-17(23)13-18(25-15)19(24)21-14-20(8-10-22(2)11-9-20)16-6-4-3-5-7-16/h3-7,12-13H,8-11,14H2,1-2H3,(H,21,24). The highest BCUT2D eigenvalue weighted by atomic mass is 16.3. The Bertz CT molecular complexity index is 790. The van der Waals surface area contributed by atoms with Gasteiger partial charge in [-0.2, -0.15) is 0 Å². The van der Waals surface area contributed by atoms with Gasteiger partial charge in [0.05, 0.1) is 0 Å². The molecule has 1 fully saturated rings. The van der Waals surface area contributed by atoms with Crippen molar-refractivity contribution in [3.05, 3.63) is 69.8 Å². The van der Waals surface area contributed by atoms with Crippen LogP contribution in [0.5, 0.6) is 0 Å². The molecule has 0 saturated carbocycles. The molecule has 0 aliphatic carbocycles. The molecule has 1 aromatic carbocycles. The summed E-state index contributed by atoms with van der Waals surface area (Å²) in [4.78, 5) is 26.4. The Morgan fingerprint density at radius 2 is 1.88 bits per heavy atom. The van der Waals surface area contributed by atoms with Crippen molar-refractivity contribution in [2.45, 2.75) is 25.2 Å². The minimum atomic E-state index is -0.338. The molecule has 5 heteroatoms. The zero-order valence-electron chi connectivity index (χ0n) is 14.7. The summed E-state index contributed by atoms with van der Waals surface area (Å²) in [7, 11) is 2.12. The number of rotatable bonds is 4. The average Bonchev–Trinajstić information content (AvgIpc) is 2.61. The Morgan fingerprint density at radius 3 is 2.52 bits per heavy atom. The molecule has 25 heavy (non-hydrogen) atoms. The lowest BCUT2D eigenvalue weighted by Gasteiger charge is -2.41. The van der Waals surface area contributed by atoms with Gasteiger partial charge in [-0.15, -0.1) is 0 Å². The van der Waals surface area contributed by atoms with E-state index in [2.05, 4.69) is 29.4 Å². The van der Waals surface area contributed by atoms with Crippen LogP contribution in [0.25, 0.3) is 0 Å². The molecular weight excluding hydrogens is 316 g/mol. The van der Waals surface area contributed by atoms with E-state index < -0.39 is 0 Å². The van der Waals surface area contributed by atoms with Crippen molar-refractivity contribution in [1.29, 1.82) is 0 Å². The molecule has 0 radical (unpaired) electrons. The van der Waals surface area contributed by atoms with Gasteiger partial charge in [0.15, 0.2) is 11.2 Å². The fourth-order valence-electron chi connectivity index (χ4n) is 3.46. The van der Waals surface area contributed by atoms with Crippen molar-refractivity contribution < 1.29 is 9.21 Å². The summed E-state index contributed by atoms with van der Waals surface area (Å²) in [5.74, 6) is 0.172. The lowest BCUT2D eigenvalue weighted by Crippen LogP contribution is -2.48. The van der Waals surface area contributed by atoms with Crippen molar-refractivity contribution in [3.63, 3.8) is 0 Å². The van der Waals surface area contributed by atoms with Crippen molar-refractivity contribution in [3.8, 4) is 0 Å². The summed E-state index contributed by atoms with van der Waals surface area (Å²) >= 11 is 0. The molecule has 2 aromatic rings. The van der Waals surface area contributed by atoms with Gasteiger partial charge in [-0.1, -0.05) is 30.3 Å². The number of likely N-dealkylation sites (tertiary alicyclic amines) is 1. The first-order chi connectivity index (χ1) is 12.0. The van der Waals surface area contributed by atoms with Gasteiger partial charge in [-0.05, 0) is 45.5 Å². The van der Waals surface area contributed by atoms with Crippen LogP contribution < -0.4 is 10.7 Å². The Balaban J connectivity index is 1.79. The van der Waals surface area contributed by atoms with Gasteiger partial charge in [0.2, 0.25) is 0 Å². The highest BCUT2D eigenvalue weighted by Gasteiger charge is 2.35. The third-order valence-corrected chi connectivity index (χ3v) is 5.03. The van der Waals surface area contributed by atoms with Gasteiger partial charge < -0.3 is 14.6 Å². The Morgan fingerprint density at radius 1 is 1.20 bits per heavy atom. The van der Waals surface area contributed by atoms with Crippen LogP contribution in [0.2, 0.25) is 0 Å². The summed E-state index contributed by atoms with van der Waals surface area (Å²) in [6.07, 6.45) is 1.96. The molecule has 1 amide bonds. The van der Waals surface area contributed by atoms with E-state index >= 15 is 0 Å². The molecule has 3 rings (SSSR count). The number of hydrogen-bond donors (Lipinski definition) is 1. The van der Waals surface area contributed by atoms with Crippen molar-refractivity contribution in [1.82, 2.24) is 10.2 Å². The average molecular weight is 340 g/mol. The Hall–Kier alpha value is -2.40. The van der Waals surface area contributed by atoms with Gasteiger partial charge in [-0.25, -0.2) is 0 Å². The van der Waals surface area contributed by atoms with Crippen LogP contribution in [-0.2, 0) is 5.41 Å². The van der Waals surface area contributed by atoms with Crippen molar-refractivity contribution in [2.24, 2.45) is 0 Å². The van der Waals surface area contributed by atoms with Crippen molar-refractivity contribution >= 4 is 5.91 Å². The Kier molecular flexibility index (Phi) is 5.04. The summed E-state index contributed by atoms with van der Waals surface area (Å²) in [5, 5.41) is 2.99. The molecule has 1 aromatic heterocycles. The number of nitrogens with zero attached hydrogens (tertiary/aromatic N) is 1. The van der Waals surface area contributed by atoms with E-state index in [1.54, 1.807) is 6.92 Å². The highest BCUT2D eigenvalue weighted by molar-refractivity contribution is 5.91. The molecule has 2 heterocycles. The first-order valence-corrected chi connectivity index (χ1v) is 8.63. The van der Waals surface area contributed by atoms with E-state index in [0.717, 1.165) is 25.9 Å². The maximum atomic E-state index is 12.5. The van der Waals surface area contributed by atoms with E-state index in [-0.39, 0.29) is 22.5 Å². The summed E-state index contributed by atoms with van der Waals surface area (Å²) in [6.45, 7) is 4.18. The van der Waals surface area contributed by atoms with E-state index in [0.29, 0.717) is 12.3 Å². The fraction of sp³-hybridized carbons (Fsp3) is 0.400. The molecule has 1 N–H and O–H groups in total. The second kappa shape index (κ2) is 7.23. The van der Waals surface area contributed by atoms with E-state index in [1.807, 2.05) is 18.2 Å². The normalized spacial score (nSPS) is 17.2.